The first-order valence-corrected chi connectivity index (χ1v) is 11.4. The predicted molar refractivity (Wildman–Crippen MR) is 123 cm³/mol. The average molecular weight is 431 g/mol. The van der Waals surface area contributed by atoms with Gasteiger partial charge in [-0.3, -0.25) is 19.3 Å². The molecule has 0 unspecified atom stereocenters. The van der Waals surface area contributed by atoms with Crippen molar-refractivity contribution >= 4 is 17.7 Å². The molecule has 3 N–H and O–H groups in total. The molecule has 7 heteroatoms. The van der Waals surface area contributed by atoms with Gasteiger partial charge in [-0.1, -0.05) is 39.8 Å². The van der Waals surface area contributed by atoms with Crippen molar-refractivity contribution in [2.45, 2.75) is 64.8 Å². The van der Waals surface area contributed by atoms with E-state index in [1.807, 2.05) is 31.2 Å². The van der Waals surface area contributed by atoms with Crippen LogP contribution < -0.4 is 16.0 Å². The number of benzene rings is 1. The van der Waals surface area contributed by atoms with E-state index < -0.39 is 0 Å². The van der Waals surface area contributed by atoms with Crippen LogP contribution >= 0.6 is 0 Å². The zero-order valence-electron chi connectivity index (χ0n) is 19.4. The van der Waals surface area contributed by atoms with Crippen LogP contribution in [0.5, 0.6) is 0 Å². The van der Waals surface area contributed by atoms with Gasteiger partial charge in [0.2, 0.25) is 11.8 Å². The molecular formula is C24H38N4O3. The molecule has 1 saturated heterocycles. The standard InChI is InChI=1S/C24H38N4O3/c1-5-13-25-22(30)17-28-15-11-20(12-16-28)27-21(29)10-14-26-23(31)18-6-8-19(9-7-18)24(2,3)4/h6-9,20H,5,10-17H2,1-4H3,(H,25,30)(H,26,31)(H,27,29). The Labute approximate surface area is 186 Å². The Hall–Kier alpha value is -2.41. The van der Waals surface area contributed by atoms with Crippen molar-refractivity contribution in [2.24, 2.45) is 0 Å². The van der Waals surface area contributed by atoms with Crippen LogP contribution in [0.2, 0.25) is 0 Å². The van der Waals surface area contributed by atoms with Gasteiger partial charge in [0.15, 0.2) is 0 Å². The molecule has 31 heavy (non-hydrogen) atoms. The van der Waals surface area contributed by atoms with Gasteiger partial charge >= 0.3 is 0 Å². The number of amides is 3. The highest BCUT2D eigenvalue weighted by atomic mass is 16.2. The fourth-order valence-electron chi connectivity index (χ4n) is 3.57. The highest BCUT2D eigenvalue weighted by molar-refractivity contribution is 5.94. The highest BCUT2D eigenvalue weighted by Gasteiger charge is 2.22. The molecule has 0 aliphatic carbocycles. The Kier molecular flexibility index (Phi) is 9.49. The molecule has 1 heterocycles. The smallest absolute Gasteiger partial charge is 0.251 e. The third-order valence-corrected chi connectivity index (χ3v) is 5.54. The maximum absolute atomic E-state index is 12.3. The summed E-state index contributed by atoms with van der Waals surface area (Å²) in [6, 6.07) is 7.73. The number of rotatable bonds is 9. The van der Waals surface area contributed by atoms with E-state index in [9.17, 15) is 14.4 Å². The van der Waals surface area contributed by atoms with E-state index >= 15 is 0 Å². The van der Waals surface area contributed by atoms with Crippen molar-refractivity contribution < 1.29 is 14.4 Å². The van der Waals surface area contributed by atoms with E-state index in [4.69, 9.17) is 0 Å². The minimum atomic E-state index is -0.164. The van der Waals surface area contributed by atoms with Crippen LogP contribution in [0.25, 0.3) is 0 Å². The Balaban J connectivity index is 1.64. The highest BCUT2D eigenvalue weighted by Crippen LogP contribution is 2.22. The second kappa shape index (κ2) is 11.8. The molecule has 1 fully saturated rings. The minimum Gasteiger partial charge on any atom is -0.355 e. The van der Waals surface area contributed by atoms with Gasteiger partial charge in [-0.2, -0.15) is 0 Å². The number of nitrogens with one attached hydrogen (secondary N) is 3. The summed E-state index contributed by atoms with van der Waals surface area (Å²) in [5, 5.41) is 8.76. The summed E-state index contributed by atoms with van der Waals surface area (Å²) in [6.45, 7) is 11.5. The lowest BCUT2D eigenvalue weighted by atomic mass is 9.87. The minimum absolute atomic E-state index is 0.0463. The number of nitrogens with zero attached hydrogens (tertiary/aromatic N) is 1. The van der Waals surface area contributed by atoms with Gasteiger partial charge in [0, 0.05) is 44.2 Å². The van der Waals surface area contributed by atoms with Crippen molar-refractivity contribution in [3.63, 3.8) is 0 Å². The Morgan fingerprint density at radius 3 is 2.19 bits per heavy atom. The molecule has 0 bridgehead atoms. The molecule has 1 aromatic rings. The van der Waals surface area contributed by atoms with E-state index in [2.05, 4.69) is 41.6 Å². The Morgan fingerprint density at radius 1 is 0.968 bits per heavy atom. The summed E-state index contributed by atoms with van der Waals surface area (Å²) >= 11 is 0. The van der Waals surface area contributed by atoms with Crippen molar-refractivity contribution in [3.8, 4) is 0 Å². The molecule has 2 rings (SSSR count). The molecule has 1 aliphatic heterocycles. The molecule has 0 saturated carbocycles. The largest absolute Gasteiger partial charge is 0.355 e. The summed E-state index contributed by atoms with van der Waals surface area (Å²) in [7, 11) is 0. The van der Waals surface area contributed by atoms with Gasteiger partial charge in [0.1, 0.15) is 0 Å². The maximum atomic E-state index is 12.3. The van der Waals surface area contributed by atoms with Crippen LogP contribution in [0.3, 0.4) is 0 Å². The van der Waals surface area contributed by atoms with Crippen molar-refractivity contribution in [1.82, 2.24) is 20.9 Å². The topological polar surface area (TPSA) is 90.5 Å². The van der Waals surface area contributed by atoms with Crippen LogP contribution in [0, 0.1) is 0 Å². The van der Waals surface area contributed by atoms with Crippen LogP contribution in [0.4, 0.5) is 0 Å². The number of hydrogen-bond donors (Lipinski definition) is 3. The molecule has 172 valence electrons. The van der Waals surface area contributed by atoms with E-state index in [0.717, 1.165) is 32.4 Å². The summed E-state index contributed by atoms with van der Waals surface area (Å²) in [6.07, 6.45) is 2.85. The lowest BCUT2D eigenvalue weighted by Crippen LogP contribution is -2.47. The van der Waals surface area contributed by atoms with Gasteiger partial charge in [-0.15, -0.1) is 0 Å². The molecule has 7 nitrogen and oxygen atoms in total. The second-order valence-electron chi connectivity index (χ2n) is 9.30. The fraction of sp³-hybridized carbons (Fsp3) is 0.625. The molecular weight excluding hydrogens is 392 g/mol. The lowest BCUT2D eigenvalue weighted by Gasteiger charge is -2.31. The third-order valence-electron chi connectivity index (χ3n) is 5.54. The van der Waals surface area contributed by atoms with Gasteiger partial charge < -0.3 is 16.0 Å². The molecule has 0 radical (unpaired) electrons. The van der Waals surface area contributed by atoms with Crippen molar-refractivity contribution in [2.75, 3.05) is 32.7 Å². The number of hydrogen-bond acceptors (Lipinski definition) is 4. The first-order valence-electron chi connectivity index (χ1n) is 11.4. The summed E-state index contributed by atoms with van der Waals surface area (Å²) in [5.74, 6) is -0.154. The number of carbonyl (C=O) groups excluding carboxylic acids is 3. The van der Waals surface area contributed by atoms with Gasteiger partial charge in [-0.05, 0) is 42.4 Å². The average Bonchev–Trinajstić information content (AvgIpc) is 2.73. The van der Waals surface area contributed by atoms with Crippen LogP contribution in [-0.2, 0) is 15.0 Å². The Morgan fingerprint density at radius 2 is 1.61 bits per heavy atom. The monoisotopic (exact) mass is 430 g/mol. The first kappa shape index (κ1) is 24.9. The first-order chi connectivity index (χ1) is 14.7. The van der Waals surface area contributed by atoms with Crippen LogP contribution in [0.15, 0.2) is 24.3 Å². The molecule has 3 amide bonds. The van der Waals surface area contributed by atoms with Gasteiger partial charge in [0.25, 0.3) is 5.91 Å². The molecule has 1 aliphatic rings. The van der Waals surface area contributed by atoms with Crippen molar-refractivity contribution in [1.29, 1.82) is 0 Å². The molecule has 1 aromatic carbocycles. The summed E-state index contributed by atoms with van der Waals surface area (Å²) < 4.78 is 0. The van der Waals surface area contributed by atoms with Crippen LogP contribution in [-0.4, -0.2) is 61.4 Å². The Bertz CT molecular complexity index is 732. The molecule has 0 atom stereocenters. The molecule has 0 spiro atoms. The predicted octanol–water partition coefficient (Wildman–Crippen LogP) is 2.21. The molecule has 0 aromatic heterocycles. The maximum Gasteiger partial charge on any atom is 0.251 e. The van der Waals surface area contributed by atoms with Gasteiger partial charge in [-0.25, -0.2) is 0 Å². The zero-order valence-corrected chi connectivity index (χ0v) is 19.4. The van der Waals surface area contributed by atoms with E-state index in [1.54, 1.807) is 0 Å². The quantitative estimate of drug-likeness (QED) is 0.560. The van der Waals surface area contributed by atoms with E-state index in [0.29, 0.717) is 25.2 Å². The van der Waals surface area contributed by atoms with Crippen LogP contribution in [0.1, 0.15) is 69.3 Å². The SMILES string of the molecule is CCCNC(=O)CN1CCC(NC(=O)CCNC(=O)c2ccc(C(C)(C)C)cc2)CC1. The number of carbonyl (C=O) groups is 3. The fourth-order valence-corrected chi connectivity index (χ4v) is 3.57. The van der Waals surface area contributed by atoms with Crippen molar-refractivity contribution in [3.05, 3.63) is 35.4 Å². The van der Waals surface area contributed by atoms with Gasteiger partial charge in [0.05, 0.1) is 6.54 Å². The summed E-state index contributed by atoms with van der Waals surface area (Å²) in [4.78, 5) is 38.4. The normalized spacial score (nSPS) is 15.4. The number of piperidine rings is 1. The summed E-state index contributed by atoms with van der Waals surface area (Å²) in [5.41, 5.74) is 1.82. The number of likely N-dealkylation sites (tertiary alicyclic amines) is 1. The zero-order chi connectivity index (χ0) is 22.9. The second-order valence-corrected chi connectivity index (χ2v) is 9.30. The lowest BCUT2D eigenvalue weighted by molar-refractivity contribution is -0.124. The van der Waals surface area contributed by atoms with E-state index in [1.165, 1.54) is 5.56 Å². The third kappa shape index (κ3) is 8.69. The van der Waals surface area contributed by atoms with E-state index in [-0.39, 0.29) is 35.6 Å².